The average molecular weight is 309 g/mol. The Balaban J connectivity index is 1.78. The van der Waals surface area contributed by atoms with Gasteiger partial charge in [-0.25, -0.2) is 4.98 Å². The first-order valence-corrected chi connectivity index (χ1v) is 7.43. The molecule has 22 heavy (non-hydrogen) atoms. The molecule has 4 aromatic rings. The van der Waals surface area contributed by atoms with Gasteiger partial charge in [0.2, 0.25) is 0 Å². The van der Waals surface area contributed by atoms with Crippen molar-refractivity contribution in [1.29, 1.82) is 0 Å². The summed E-state index contributed by atoms with van der Waals surface area (Å²) >= 11 is 1.13. The maximum atomic E-state index is 12.7. The van der Waals surface area contributed by atoms with Crippen LogP contribution in [0.1, 0.15) is 16.2 Å². The molecule has 0 unspecified atom stereocenters. The van der Waals surface area contributed by atoms with E-state index >= 15 is 0 Å². The van der Waals surface area contributed by atoms with Gasteiger partial charge >= 0.3 is 0 Å². The molecule has 3 heterocycles. The zero-order valence-corrected chi connectivity index (χ0v) is 12.5. The Hall–Kier alpha value is -2.80. The fraction of sp³-hybridized carbons (Fsp3) is 0.0667. The van der Waals surface area contributed by atoms with E-state index in [4.69, 9.17) is 0 Å². The molecular formula is C15H11N5OS. The number of amides is 1. The van der Waals surface area contributed by atoms with Gasteiger partial charge in [-0.15, -0.1) is 0 Å². The van der Waals surface area contributed by atoms with Gasteiger partial charge in [-0.2, -0.15) is 8.75 Å². The van der Waals surface area contributed by atoms with Gasteiger partial charge in [0.05, 0.1) is 23.1 Å². The fourth-order valence-corrected chi connectivity index (χ4v) is 3.03. The van der Waals surface area contributed by atoms with Crippen LogP contribution < -0.4 is 5.32 Å². The van der Waals surface area contributed by atoms with Crippen molar-refractivity contribution in [3.63, 3.8) is 0 Å². The second-order valence-corrected chi connectivity index (χ2v) is 5.39. The van der Waals surface area contributed by atoms with Gasteiger partial charge in [0, 0.05) is 6.20 Å². The Bertz CT molecular complexity index is 1000. The monoisotopic (exact) mass is 309 g/mol. The lowest BCUT2D eigenvalue weighted by Crippen LogP contribution is -2.15. The van der Waals surface area contributed by atoms with Crippen molar-refractivity contribution in [2.75, 3.05) is 5.32 Å². The van der Waals surface area contributed by atoms with E-state index in [2.05, 4.69) is 19.0 Å². The van der Waals surface area contributed by atoms with Gasteiger partial charge in [-0.05, 0) is 31.2 Å². The number of rotatable bonds is 2. The van der Waals surface area contributed by atoms with Crippen LogP contribution in [0.5, 0.6) is 0 Å². The number of imidazole rings is 1. The number of pyridine rings is 1. The molecule has 1 N–H and O–H groups in total. The molecule has 0 bridgehead atoms. The second kappa shape index (κ2) is 4.88. The molecule has 0 fully saturated rings. The summed E-state index contributed by atoms with van der Waals surface area (Å²) in [5.74, 6) is -0.211. The van der Waals surface area contributed by atoms with Gasteiger partial charge in [0.15, 0.2) is 0 Å². The highest BCUT2D eigenvalue weighted by molar-refractivity contribution is 7.00. The summed E-state index contributed by atoms with van der Waals surface area (Å²) in [5.41, 5.74) is 4.09. The van der Waals surface area contributed by atoms with Crippen LogP contribution in [0.25, 0.3) is 16.7 Å². The number of aryl methyl sites for hydroxylation is 1. The van der Waals surface area contributed by atoms with Crippen LogP contribution >= 0.6 is 11.7 Å². The first kappa shape index (κ1) is 12.9. The van der Waals surface area contributed by atoms with Crippen LogP contribution in [0.15, 0.2) is 42.6 Å². The maximum Gasteiger partial charge on any atom is 0.274 e. The lowest BCUT2D eigenvalue weighted by molar-refractivity contribution is 0.102. The van der Waals surface area contributed by atoms with E-state index in [1.54, 1.807) is 4.40 Å². The predicted molar refractivity (Wildman–Crippen MR) is 85.3 cm³/mol. The summed E-state index contributed by atoms with van der Waals surface area (Å²) < 4.78 is 10.2. The third-order valence-electron chi connectivity index (χ3n) is 3.45. The SMILES string of the molecule is Cc1nc2ccccn2c1C(=O)Nc1cccc2nsnc12. The molecule has 1 aromatic carbocycles. The van der Waals surface area contributed by atoms with Crippen LogP contribution in [-0.4, -0.2) is 24.0 Å². The molecule has 108 valence electrons. The normalized spacial score (nSPS) is 11.1. The molecule has 0 aliphatic heterocycles. The molecular weight excluding hydrogens is 298 g/mol. The van der Waals surface area contributed by atoms with Crippen LogP contribution in [0.3, 0.4) is 0 Å². The van der Waals surface area contributed by atoms with Gasteiger partial charge in [0.25, 0.3) is 5.91 Å². The molecule has 6 nitrogen and oxygen atoms in total. The zero-order chi connectivity index (χ0) is 15.1. The smallest absolute Gasteiger partial charge is 0.274 e. The summed E-state index contributed by atoms with van der Waals surface area (Å²) in [6, 6.07) is 11.2. The Kier molecular flexibility index (Phi) is 2.87. The van der Waals surface area contributed by atoms with Crippen molar-refractivity contribution in [2.45, 2.75) is 6.92 Å². The molecule has 4 rings (SSSR count). The lowest BCUT2D eigenvalue weighted by Gasteiger charge is -2.06. The number of hydrogen-bond donors (Lipinski definition) is 1. The molecule has 1 amide bonds. The number of nitrogens with zero attached hydrogens (tertiary/aromatic N) is 4. The van der Waals surface area contributed by atoms with E-state index in [1.165, 1.54) is 0 Å². The number of fused-ring (bicyclic) bond motifs is 2. The molecule has 3 aromatic heterocycles. The Morgan fingerprint density at radius 2 is 2.09 bits per heavy atom. The van der Waals surface area contributed by atoms with E-state index < -0.39 is 0 Å². The van der Waals surface area contributed by atoms with Gasteiger partial charge in [-0.3, -0.25) is 9.20 Å². The number of benzene rings is 1. The molecule has 0 aliphatic rings. The molecule has 7 heteroatoms. The number of carbonyl (C=O) groups excluding carboxylic acids is 1. The van der Waals surface area contributed by atoms with Gasteiger partial charge < -0.3 is 5.32 Å². The second-order valence-electron chi connectivity index (χ2n) is 4.87. The van der Waals surface area contributed by atoms with Crippen molar-refractivity contribution in [1.82, 2.24) is 18.1 Å². The minimum atomic E-state index is -0.211. The number of aromatic nitrogens is 4. The first-order valence-electron chi connectivity index (χ1n) is 6.70. The molecule has 0 aliphatic carbocycles. The fourth-order valence-electron chi connectivity index (χ4n) is 2.48. The van der Waals surface area contributed by atoms with E-state index in [9.17, 15) is 4.79 Å². The third kappa shape index (κ3) is 1.94. The highest BCUT2D eigenvalue weighted by Gasteiger charge is 2.17. The van der Waals surface area contributed by atoms with Crippen LogP contribution in [0.4, 0.5) is 5.69 Å². The number of hydrogen-bond acceptors (Lipinski definition) is 5. The Morgan fingerprint density at radius 3 is 3.00 bits per heavy atom. The first-order chi connectivity index (χ1) is 10.7. The summed E-state index contributed by atoms with van der Waals surface area (Å²) in [7, 11) is 0. The molecule has 0 saturated heterocycles. The zero-order valence-electron chi connectivity index (χ0n) is 11.6. The van der Waals surface area contributed by atoms with Crippen LogP contribution in [-0.2, 0) is 0 Å². The standard InChI is InChI=1S/C15H11N5OS/c1-9-14(20-8-3-2-7-12(20)16-9)15(21)17-10-5-4-6-11-13(10)19-22-18-11/h2-8H,1H3,(H,17,21). The number of anilines is 1. The Morgan fingerprint density at radius 1 is 1.18 bits per heavy atom. The van der Waals surface area contributed by atoms with Crippen molar-refractivity contribution in [2.24, 2.45) is 0 Å². The minimum Gasteiger partial charge on any atom is -0.319 e. The topological polar surface area (TPSA) is 72.2 Å². The van der Waals surface area contributed by atoms with E-state index in [-0.39, 0.29) is 5.91 Å². The lowest BCUT2D eigenvalue weighted by atomic mass is 10.2. The third-order valence-corrected chi connectivity index (χ3v) is 4.00. The maximum absolute atomic E-state index is 12.7. The highest BCUT2D eigenvalue weighted by Crippen LogP contribution is 2.22. The van der Waals surface area contributed by atoms with E-state index in [0.717, 1.165) is 22.9 Å². The molecule has 0 spiro atoms. The summed E-state index contributed by atoms with van der Waals surface area (Å²) in [6.45, 7) is 1.83. The molecule has 0 saturated carbocycles. The van der Waals surface area contributed by atoms with Gasteiger partial charge in [0.1, 0.15) is 22.4 Å². The van der Waals surface area contributed by atoms with Crippen molar-refractivity contribution < 1.29 is 4.79 Å². The van der Waals surface area contributed by atoms with E-state index in [0.29, 0.717) is 22.6 Å². The van der Waals surface area contributed by atoms with Crippen molar-refractivity contribution in [3.8, 4) is 0 Å². The van der Waals surface area contributed by atoms with Crippen molar-refractivity contribution in [3.05, 3.63) is 54.0 Å². The van der Waals surface area contributed by atoms with Crippen molar-refractivity contribution >= 4 is 40.0 Å². The largest absolute Gasteiger partial charge is 0.319 e. The molecule has 0 atom stereocenters. The molecule has 0 radical (unpaired) electrons. The van der Waals surface area contributed by atoms with Gasteiger partial charge in [-0.1, -0.05) is 12.1 Å². The van der Waals surface area contributed by atoms with Crippen LogP contribution in [0.2, 0.25) is 0 Å². The average Bonchev–Trinajstić information content (AvgIpc) is 3.10. The highest BCUT2D eigenvalue weighted by atomic mass is 32.1. The minimum absolute atomic E-state index is 0.211. The van der Waals surface area contributed by atoms with Crippen LogP contribution in [0, 0.1) is 6.92 Å². The Labute approximate surface area is 129 Å². The van der Waals surface area contributed by atoms with E-state index in [1.807, 2.05) is 49.5 Å². The summed E-state index contributed by atoms with van der Waals surface area (Å²) in [6.07, 6.45) is 1.83. The predicted octanol–water partition coefficient (Wildman–Crippen LogP) is 2.90. The number of nitrogens with one attached hydrogen (secondary N) is 1. The summed E-state index contributed by atoms with van der Waals surface area (Å²) in [5, 5.41) is 2.91. The summed E-state index contributed by atoms with van der Waals surface area (Å²) in [4.78, 5) is 17.1. The number of carbonyl (C=O) groups is 1. The quantitative estimate of drug-likeness (QED) is 0.618.